The maximum Gasteiger partial charge on any atom is 0.192 e. The Morgan fingerprint density at radius 2 is 2.13 bits per heavy atom. The van der Waals surface area contributed by atoms with Crippen LogP contribution in [0.3, 0.4) is 0 Å². The number of carbonyl (C=O) groups is 1. The zero-order valence-electron chi connectivity index (χ0n) is 10.0. The zero-order chi connectivity index (χ0) is 11.3. The average Bonchev–Trinajstić information content (AvgIpc) is 2.50. The normalized spacial score (nSPS) is 33.4. The summed E-state index contributed by atoms with van der Waals surface area (Å²) < 4.78 is 0. The summed E-state index contributed by atoms with van der Waals surface area (Å²) in [6, 6.07) is 0. The maximum absolute atomic E-state index is 9.23. The predicted molar refractivity (Wildman–Crippen MR) is 62.5 cm³/mol. The van der Waals surface area contributed by atoms with Gasteiger partial charge in [-0.3, -0.25) is 4.79 Å². The van der Waals surface area contributed by atoms with Crippen molar-refractivity contribution in [3.05, 3.63) is 0 Å². The van der Waals surface area contributed by atoms with Crippen molar-refractivity contribution in [1.29, 1.82) is 0 Å². The monoisotopic (exact) mass is 207 g/mol. The van der Waals surface area contributed by atoms with E-state index < -0.39 is 0 Å². The van der Waals surface area contributed by atoms with E-state index in [0.29, 0.717) is 6.29 Å². The number of aldehydes is 1. The van der Waals surface area contributed by atoms with E-state index in [4.69, 9.17) is 0 Å². The van der Waals surface area contributed by atoms with E-state index >= 15 is 0 Å². The molecule has 1 saturated carbocycles. The fourth-order valence-electron chi connectivity index (χ4n) is 2.97. The van der Waals surface area contributed by atoms with Crippen LogP contribution in [0.25, 0.3) is 0 Å². The van der Waals surface area contributed by atoms with Crippen LogP contribution in [0.15, 0.2) is 0 Å². The molecule has 1 aliphatic heterocycles. The molecule has 1 saturated heterocycles. The Balaban J connectivity index is 0.000000195. The summed E-state index contributed by atoms with van der Waals surface area (Å²) in [5.41, 5.74) is 0.786. The summed E-state index contributed by atoms with van der Waals surface area (Å²) in [6.07, 6.45) is 5.03. The van der Waals surface area contributed by atoms with Crippen LogP contribution in [-0.4, -0.2) is 31.3 Å². The molecule has 0 aromatic heterocycles. The van der Waals surface area contributed by atoms with Gasteiger partial charge >= 0.3 is 0 Å². The average molecular weight is 207 g/mol. The molecule has 0 N–H and O–H groups in total. The van der Waals surface area contributed by atoms with Crippen LogP contribution >= 0.6 is 0 Å². The van der Waals surface area contributed by atoms with Gasteiger partial charge in [-0.1, -0.05) is 12.8 Å². The number of nitrogens with zero attached hydrogens (tertiary/aromatic N) is 1. The molecule has 0 atom stereocenters. The van der Waals surface area contributed by atoms with E-state index in [-0.39, 0.29) is 0 Å². The molecule has 0 amide bonds. The molecule has 0 unspecified atom stereocenters. The first-order chi connectivity index (χ1) is 7.12. The summed E-state index contributed by atoms with van der Waals surface area (Å²) in [5, 5.41) is 0. The Hall–Kier alpha value is -0.810. The number of rotatable bonds is 0. The summed E-state index contributed by atoms with van der Waals surface area (Å²) in [7, 11) is 2.25. The fourth-order valence-corrected chi connectivity index (χ4v) is 2.97. The molecular weight excluding hydrogens is 186 g/mol. The van der Waals surface area contributed by atoms with Crippen molar-refractivity contribution in [2.24, 2.45) is 11.3 Å². The SMILES string of the molecule is CC#CC=O.CC1CC2(CCN(C)C2)C1. The number of hydrogen-bond acceptors (Lipinski definition) is 2. The van der Waals surface area contributed by atoms with Crippen molar-refractivity contribution in [3.63, 3.8) is 0 Å². The highest BCUT2D eigenvalue weighted by Crippen LogP contribution is 2.50. The quantitative estimate of drug-likeness (QED) is 0.447. The standard InChI is InChI=1S/C9H17N.C4H4O/c1-8-5-9(6-8)3-4-10(2)7-9;1-2-3-4-5/h8H,3-7H2,1-2H3;4H,1H3. The molecule has 0 aromatic carbocycles. The Morgan fingerprint density at radius 1 is 1.47 bits per heavy atom. The second kappa shape index (κ2) is 5.32. The lowest BCUT2D eigenvalue weighted by molar-refractivity contribution is -0.103. The Morgan fingerprint density at radius 3 is 2.40 bits per heavy atom. The summed E-state index contributed by atoms with van der Waals surface area (Å²) in [4.78, 5) is 11.7. The number of carbonyl (C=O) groups excluding carboxylic acids is 1. The molecule has 0 aromatic rings. The Bertz CT molecular complexity index is 262. The van der Waals surface area contributed by atoms with E-state index in [9.17, 15) is 4.79 Å². The van der Waals surface area contributed by atoms with Gasteiger partial charge in [0.05, 0.1) is 0 Å². The second-order valence-electron chi connectivity index (χ2n) is 5.01. The summed E-state index contributed by atoms with van der Waals surface area (Å²) >= 11 is 0. The fraction of sp³-hybridized carbons (Fsp3) is 0.769. The van der Waals surface area contributed by atoms with Crippen molar-refractivity contribution < 1.29 is 4.79 Å². The highest BCUT2D eigenvalue weighted by atomic mass is 16.1. The van der Waals surface area contributed by atoms with Gasteiger partial charge in [0.1, 0.15) is 0 Å². The van der Waals surface area contributed by atoms with Gasteiger partial charge in [-0.05, 0) is 57.0 Å². The van der Waals surface area contributed by atoms with Crippen LogP contribution in [0.4, 0.5) is 0 Å². The molecule has 15 heavy (non-hydrogen) atoms. The van der Waals surface area contributed by atoms with Crippen molar-refractivity contribution in [2.75, 3.05) is 20.1 Å². The maximum atomic E-state index is 9.23. The zero-order valence-corrected chi connectivity index (χ0v) is 10.0. The molecule has 2 nitrogen and oxygen atoms in total. The van der Waals surface area contributed by atoms with E-state index in [1.54, 1.807) is 6.92 Å². The number of hydrogen-bond donors (Lipinski definition) is 0. The molecule has 2 aliphatic rings. The topological polar surface area (TPSA) is 20.3 Å². The van der Waals surface area contributed by atoms with Crippen LogP contribution in [0.1, 0.15) is 33.1 Å². The molecule has 2 fully saturated rings. The van der Waals surface area contributed by atoms with Crippen LogP contribution in [0.2, 0.25) is 0 Å². The lowest BCUT2D eigenvalue weighted by Gasteiger charge is -2.43. The molecule has 0 radical (unpaired) electrons. The molecular formula is C13H21NO. The first kappa shape index (κ1) is 12.3. The minimum absolute atomic E-state index is 0.569. The third kappa shape index (κ3) is 3.35. The highest BCUT2D eigenvalue weighted by Gasteiger charge is 2.45. The van der Waals surface area contributed by atoms with Gasteiger partial charge in [-0.25, -0.2) is 0 Å². The van der Waals surface area contributed by atoms with Crippen LogP contribution < -0.4 is 0 Å². The predicted octanol–water partition coefficient (Wildman–Crippen LogP) is 1.95. The molecule has 0 bridgehead atoms. The third-order valence-electron chi connectivity index (χ3n) is 3.40. The molecule has 1 aliphatic carbocycles. The van der Waals surface area contributed by atoms with Crippen LogP contribution in [0, 0.1) is 23.2 Å². The molecule has 1 heterocycles. The van der Waals surface area contributed by atoms with Gasteiger partial charge in [-0.15, -0.1) is 0 Å². The Labute approximate surface area is 93.0 Å². The van der Waals surface area contributed by atoms with E-state index in [2.05, 4.69) is 30.7 Å². The van der Waals surface area contributed by atoms with Crippen molar-refractivity contribution >= 4 is 6.29 Å². The van der Waals surface area contributed by atoms with Crippen molar-refractivity contribution in [1.82, 2.24) is 4.90 Å². The lowest BCUT2D eigenvalue weighted by atomic mass is 9.62. The third-order valence-corrected chi connectivity index (χ3v) is 3.40. The summed E-state index contributed by atoms with van der Waals surface area (Å²) in [6.45, 7) is 6.71. The van der Waals surface area contributed by atoms with Gasteiger partial charge in [0.25, 0.3) is 0 Å². The second-order valence-corrected chi connectivity index (χ2v) is 5.01. The minimum atomic E-state index is 0.569. The smallest absolute Gasteiger partial charge is 0.192 e. The van der Waals surface area contributed by atoms with Gasteiger partial charge in [0.15, 0.2) is 6.29 Å². The molecule has 2 rings (SSSR count). The van der Waals surface area contributed by atoms with Gasteiger partial charge in [-0.2, -0.15) is 0 Å². The van der Waals surface area contributed by atoms with Crippen molar-refractivity contribution in [2.45, 2.75) is 33.1 Å². The molecule has 1 spiro atoms. The largest absolute Gasteiger partial charge is 0.306 e. The highest BCUT2D eigenvalue weighted by molar-refractivity contribution is 5.72. The van der Waals surface area contributed by atoms with Crippen LogP contribution in [-0.2, 0) is 4.79 Å². The first-order valence-corrected chi connectivity index (χ1v) is 5.66. The first-order valence-electron chi connectivity index (χ1n) is 5.66. The van der Waals surface area contributed by atoms with E-state index in [0.717, 1.165) is 11.3 Å². The molecule has 2 heteroatoms. The minimum Gasteiger partial charge on any atom is -0.306 e. The molecule has 84 valence electrons. The Kier molecular flexibility index (Phi) is 4.35. The van der Waals surface area contributed by atoms with E-state index in [1.807, 2.05) is 0 Å². The summed E-state index contributed by atoms with van der Waals surface area (Å²) in [5.74, 6) is 5.60. The van der Waals surface area contributed by atoms with Crippen molar-refractivity contribution in [3.8, 4) is 11.8 Å². The van der Waals surface area contributed by atoms with Crippen LogP contribution in [0.5, 0.6) is 0 Å². The van der Waals surface area contributed by atoms with Gasteiger partial charge < -0.3 is 4.90 Å². The lowest BCUT2D eigenvalue weighted by Crippen LogP contribution is -2.37. The van der Waals surface area contributed by atoms with E-state index in [1.165, 1.54) is 32.4 Å². The van der Waals surface area contributed by atoms with Gasteiger partial charge in [0.2, 0.25) is 0 Å². The number of likely N-dealkylation sites (tertiary alicyclic amines) is 1. The van der Waals surface area contributed by atoms with Gasteiger partial charge in [0, 0.05) is 6.54 Å².